The Hall–Kier alpha value is -1.47. The predicted molar refractivity (Wildman–Crippen MR) is 48.3 cm³/mol. The Kier molecular flexibility index (Phi) is 3.55. The van der Waals surface area contributed by atoms with Crippen LogP contribution < -0.4 is 5.32 Å². The van der Waals surface area contributed by atoms with Crippen molar-refractivity contribution in [2.75, 3.05) is 0 Å². The first kappa shape index (κ1) is 10.6. The zero-order chi connectivity index (χ0) is 10.6. The van der Waals surface area contributed by atoms with E-state index in [4.69, 9.17) is 5.26 Å². The van der Waals surface area contributed by atoms with Crippen molar-refractivity contribution in [3.05, 3.63) is 35.4 Å². The van der Waals surface area contributed by atoms with Gasteiger partial charge in [0.15, 0.2) is 11.6 Å². The summed E-state index contributed by atoms with van der Waals surface area (Å²) in [6, 6.07) is 5.35. The van der Waals surface area contributed by atoms with Crippen molar-refractivity contribution in [3.8, 4) is 6.07 Å². The number of nitriles is 1. The molecular weight excluding hydrogens is 186 g/mol. The fourth-order valence-electron chi connectivity index (χ4n) is 0.966. The van der Waals surface area contributed by atoms with E-state index in [9.17, 15) is 8.78 Å². The Balaban J connectivity index is 2.61. The molecule has 0 amide bonds. The van der Waals surface area contributed by atoms with Gasteiger partial charge in [-0.1, -0.05) is 6.07 Å². The fourth-order valence-corrected chi connectivity index (χ4v) is 0.966. The van der Waals surface area contributed by atoms with Gasteiger partial charge in [-0.15, -0.1) is 0 Å². The van der Waals surface area contributed by atoms with E-state index in [-0.39, 0.29) is 6.04 Å². The van der Waals surface area contributed by atoms with Gasteiger partial charge >= 0.3 is 0 Å². The Labute approximate surface area is 81.2 Å². The number of nitrogens with zero attached hydrogens (tertiary/aromatic N) is 1. The normalized spacial score (nSPS) is 12.1. The van der Waals surface area contributed by atoms with Crippen LogP contribution in [0.2, 0.25) is 0 Å². The van der Waals surface area contributed by atoms with Gasteiger partial charge < -0.3 is 0 Å². The second-order valence-corrected chi connectivity index (χ2v) is 2.98. The molecule has 1 aromatic carbocycles. The summed E-state index contributed by atoms with van der Waals surface area (Å²) in [7, 11) is 0. The highest BCUT2D eigenvalue weighted by Gasteiger charge is 2.03. The fraction of sp³-hybridized carbons (Fsp3) is 0.300. The highest BCUT2D eigenvalue weighted by molar-refractivity contribution is 5.17. The molecule has 1 aromatic rings. The standard InChI is InChI=1S/C10H10F2N2/c1-7(5-13)14-6-8-2-3-9(11)10(12)4-8/h2-4,7,14H,6H2,1H3. The first-order valence-electron chi connectivity index (χ1n) is 4.20. The second-order valence-electron chi connectivity index (χ2n) is 2.98. The first-order chi connectivity index (χ1) is 6.63. The van der Waals surface area contributed by atoms with Gasteiger partial charge in [-0.2, -0.15) is 5.26 Å². The van der Waals surface area contributed by atoms with Crippen molar-refractivity contribution >= 4 is 0 Å². The Morgan fingerprint density at radius 2 is 2.14 bits per heavy atom. The van der Waals surface area contributed by atoms with E-state index in [2.05, 4.69) is 5.32 Å². The van der Waals surface area contributed by atoms with Crippen LogP contribution in [-0.4, -0.2) is 6.04 Å². The minimum Gasteiger partial charge on any atom is -0.298 e. The van der Waals surface area contributed by atoms with Crippen molar-refractivity contribution in [1.29, 1.82) is 5.26 Å². The second kappa shape index (κ2) is 4.68. The summed E-state index contributed by atoms with van der Waals surface area (Å²) in [6.45, 7) is 2.05. The summed E-state index contributed by atoms with van der Waals surface area (Å²) < 4.78 is 25.2. The molecule has 0 radical (unpaired) electrons. The summed E-state index contributed by atoms with van der Waals surface area (Å²) in [4.78, 5) is 0. The van der Waals surface area contributed by atoms with E-state index in [1.807, 2.05) is 6.07 Å². The van der Waals surface area contributed by atoms with Gasteiger partial charge in [0.05, 0.1) is 12.1 Å². The maximum Gasteiger partial charge on any atom is 0.159 e. The average Bonchev–Trinajstić information content (AvgIpc) is 2.19. The molecule has 0 spiro atoms. The lowest BCUT2D eigenvalue weighted by molar-refractivity contribution is 0.505. The van der Waals surface area contributed by atoms with Crippen molar-refractivity contribution in [2.24, 2.45) is 0 Å². The van der Waals surface area contributed by atoms with E-state index < -0.39 is 11.6 Å². The lowest BCUT2D eigenvalue weighted by Gasteiger charge is -2.06. The summed E-state index contributed by atoms with van der Waals surface area (Å²) in [5.74, 6) is -1.73. The molecule has 0 fully saturated rings. The summed E-state index contributed by atoms with van der Waals surface area (Å²) in [5, 5.41) is 11.3. The lowest BCUT2D eigenvalue weighted by atomic mass is 10.2. The van der Waals surface area contributed by atoms with Crippen LogP contribution in [0, 0.1) is 23.0 Å². The largest absolute Gasteiger partial charge is 0.298 e. The molecule has 0 aliphatic heterocycles. The molecule has 1 atom stereocenters. The zero-order valence-electron chi connectivity index (χ0n) is 7.72. The van der Waals surface area contributed by atoms with Crippen molar-refractivity contribution < 1.29 is 8.78 Å². The van der Waals surface area contributed by atoms with E-state index in [1.165, 1.54) is 6.07 Å². The molecule has 14 heavy (non-hydrogen) atoms. The van der Waals surface area contributed by atoms with Crippen LogP contribution in [0.15, 0.2) is 18.2 Å². The minimum absolute atomic E-state index is 0.303. The first-order valence-corrected chi connectivity index (χ1v) is 4.20. The van der Waals surface area contributed by atoms with Crippen molar-refractivity contribution in [3.63, 3.8) is 0 Å². The maximum absolute atomic E-state index is 12.7. The molecule has 1 unspecified atom stereocenters. The van der Waals surface area contributed by atoms with Crippen LogP contribution in [0.5, 0.6) is 0 Å². The molecule has 0 heterocycles. The van der Waals surface area contributed by atoms with Crippen LogP contribution in [0.25, 0.3) is 0 Å². The number of rotatable bonds is 3. The van der Waals surface area contributed by atoms with Crippen molar-refractivity contribution in [1.82, 2.24) is 5.32 Å². The summed E-state index contributed by atoms with van der Waals surface area (Å²) >= 11 is 0. The third kappa shape index (κ3) is 2.79. The SMILES string of the molecule is CC(C#N)NCc1ccc(F)c(F)c1. The van der Waals surface area contributed by atoms with Gasteiger partial charge in [0.2, 0.25) is 0 Å². The van der Waals surface area contributed by atoms with Crippen LogP contribution in [-0.2, 0) is 6.54 Å². The molecule has 0 bridgehead atoms. The molecule has 1 N–H and O–H groups in total. The molecule has 2 nitrogen and oxygen atoms in total. The van der Waals surface area contributed by atoms with E-state index in [0.717, 1.165) is 12.1 Å². The van der Waals surface area contributed by atoms with Crippen LogP contribution in [0.4, 0.5) is 8.78 Å². The van der Waals surface area contributed by atoms with E-state index in [1.54, 1.807) is 6.92 Å². The molecular formula is C10H10F2N2. The lowest BCUT2D eigenvalue weighted by Crippen LogP contribution is -2.23. The molecule has 0 aliphatic carbocycles. The quantitative estimate of drug-likeness (QED) is 0.802. The highest BCUT2D eigenvalue weighted by atomic mass is 19.2. The number of halogens is 2. The minimum atomic E-state index is -0.867. The maximum atomic E-state index is 12.7. The molecule has 0 saturated carbocycles. The monoisotopic (exact) mass is 196 g/mol. The average molecular weight is 196 g/mol. The topological polar surface area (TPSA) is 35.8 Å². The molecule has 0 aromatic heterocycles. The molecule has 4 heteroatoms. The van der Waals surface area contributed by atoms with Crippen LogP contribution in [0.1, 0.15) is 12.5 Å². The zero-order valence-corrected chi connectivity index (χ0v) is 7.72. The number of benzene rings is 1. The van der Waals surface area contributed by atoms with E-state index >= 15 is 0 Å². The third-order valence-corrected chi connectivity index (χ3v) is 1.79. The Bertz CT molecular complexity index is 358. The predicted octanol–water partition coefficient (Wildman–Crippen LogP) is 1.97. The summed E-state index contributed by atoms with van der Waals surface area (Å²) in [6.07, 6.45) is 0. The number of hydrogen-bond acceptors (Lipinski definition) is 2. The Morgan fingerprint density at radius 3 is 2.71 bits per heavy atom. The van der Waals surface area contributed by atoms with Crippen LogP contribution >= 0.6 is 0 Å². The van der Waals surface area contributed by atoms with Gasteiger partial charge in [-0.3, -0.25) is 5.32 Å². The van der Waals surface area contributed by atoms with Gasteiger partial charge in [-0.25, -0.2) is 8.78 Å². The molecule has 1 rings (SSSR count). The van der Waals surface area contributed by atoms with Gasteiger partial charge in [0.25, 0.3) is 0 Å². The van der Waals surface area contributed by atoms with Crippen molar-refractivity contribution in [2.45, 2.75) is 19.5 Å². The van der Waals surface area contributed by atoms with Gasteiger partial charge in [-0.05, 0) is 24.6 Å². The third-order valence-electron chi connectivity index (χ3n) is 1.79. The van der Waals surface area contributed by atoms with Gasteiger partial charge in [0.1, 0.15) is 0 Å². The number of hydrogen-bond donors (Lipinski definition) is 1. The molecule has 0 saturated heterocycles. The van der Waals surface area contributed by atoms with Gasteiger partial charge in [0, 0.05) is 6.54 Å². The van der Waals surface area contributed by atoms with Crippen LogP contribution in [0.3, 0.4) is 0 Å². The Morgan fingerprint density at radius 1 is 1.43 bits per heavy atom. The number of nitrogens with one attached hydrogen (secondary N) is 1. The molecule has 74 valence electrons. The smallest absolute Gasteiger partial charge is 0.159 e. The summed E-state index contributed by atoms with van der Waals surface area (Å²) in [5.41, 5.74) is 0.617. The van der Waals surface area contributed by atoms with E-state index in [0.29, 0.717) is 12.1 Å². The highest BCUT2D eigenvalue weighted by Crippen LogP contribution is 2.08. The molecule has 0 aliphatic rings.